The van der Waals surface area contributed by atoms with Crippen molar-refractivity contribution in [2.75, 3.05) is 33.2 Å². The van der Waals surface area contributed by atoms with Gasteiger partial charge in [0.1, 0.15) is 5.54 Å². The number of nitrogens with zero attached hydrogens (tertiary/aromatic N) is 2. The monoisotopic (exact) mass is 280 g/mol. The number of likely N-dealkylation sites (N-methyl/N-ethyl adjacent to an activating group) is 1. The van der Waals surface area contributed by atoms with Gasteiger partial charge in [-0.3, -0.25) is 9.69 Å². The molecule has 0 aromatic heterocycles. The molecule has 114 valence electrons. The second-order valence-electron chi connectivity index (χ2n) is 6.41. The molecule has 0 saturated carbocycles. The van der Waals surface area contributed by atoms with Crippen LogP contribution in [-0.4, -0.2) is 49.6 Å². The molecule has 0 aliphatic carbocycles. The number of rotatable bonds is 6. The van der Waals surface area contributed by atoms with E-state index >= 15 is 0 Å². The molecule has 20 heavy (non-hydrogen) atoms. The van der Waals surface area contributed by atoms with Crippen LogP contribution in [0.4, 0.5) is 0 Å². The standard InChI is InChI=1S/C15H28N4O/c1-12(2)15(3,11-16)18-14(20)10-19(4)9-13-5-7-17-8-6-13/h12-13,17H,5-10H2,1-4H3,(H,18,20). The van der Waals surface area contributed by atoms with E-state index in [9.17, 15) is 10.1 Å². The van der Waals surface area contributed by atoms with Gasteiger partial charge in [-0.15, -0.1) is 0 Å². The molecule has 1 saturated heterocycles. The average Bonchev–Trinajstić information content (AvgIpc) is 2.39. The molecule has 1 unspecified atom stereocenters. The van der Waals surface area contributed by atoms with Gasteiger partial charge >= 0.3 is 0 Å². The SMILES string of the molecule is CC(C)C(C)(C#N)NC(=O)CN(C)CC1CCNCC1. The van der Waals surface area contributed by atoms with Crippen LogP contribution in [0.1, 0.15) is 33.6 Å². The topological polar surface area (TPSA) is 68.2 Å². The highest BCUT2D eigenvalue weighted by molar-refractivity contribution is 5.79. The first-order valence-corrected chi connectivity index (χ1v) is 7.49. The van der Waals surface area contributed by atoms with Crippen LogP contribution in [0.3, 0.4) is 0 Å². The maximum atomic E-state index is 12.1. The lowest BCUT2D eigenvalue weighted by Crippen LogP contribution is -2.51. The van der Waals surface area contributed by atoms with E-state index in [0.29, 0.717) is 12.5 Å². The zero-order valence-electron chi connectivity index (χ0n) is 13.2. The number of carbonyl (C=O) groups excluding carboxylic acids is 1. The molecule has 1 aliphatic heterocycles. The first kappa shape index (κ1) is 16.9. The van der Waals surface area contributed by atoms with Crippen LogP contribution in [0.15, 0.2) is 0 Å². The van der Waals surface area contributed by atoms with E-state index in [-0.39, 0.29) is 11.8 Å². The zero-order chi connectivity index (χ0) is 15.2. The minimum absolute atomic E-state index is 0.0702. The largest absolute Gasteiger partial charge is 0.337 e. The molecule has 1 fully saturated rings. The van der Waals surface area contributed by atoms with Crippen molar-refractivity contribution in [3.05, 3.63) is 0 Å². The number of piperidine rings is 1. The Morgan fingerprint density at radius 1 is 1.50 bits per heavy atom. The van der Waals surface area contributed by atoms with E-state index in [1.165, 1.54) is 12.8 Å². The first-order chi connectivity index (χ1) is 9.37. The molecule has 1 heterocycles. The minimum Gasteiger partial charge on any atom is -0.337 e. The lowest BCUT2D eigenvalue weighted by Gasteiger charge is -2.30. The summed E-state index contributed by atoms with van der Waals surface area (Å²) in [5, 5.41) is 15.4. The molecule has 0 bridgehead atoms. The lowest BCUT2D eigenvalue weighted by atomic mass is 9.90. The Morgan fingerprint density at radius 3 is 2.60 bits per heavy atom. The number of hydrogen-bond donors (Lipinski definition) is 2. The second kappa shape index (κ2) is 7.61. The van der Waals surface area contributed by atoms with Crippen LogP contribution in [0.25, 0.3) is 0 Å². The Labute approximate surface area is 122 Å². The molecule has 0 aromatic rings. The Morgan fingerprint density at radius 2 is 2.10 bits per heavy atom. The molecule has 5 heteroatoms. The van der Waals surface area contributed by atoms with Crippen LogP contribution in [0.2, 0.25) is 0 Å². The van der Waals surface area contributed by atoms with Crippen molar-refractivity contribution in [2.24, 2.45) is 11.8 Å². The molecule has 1 atom stereocenters. The predicted octanol–water partition coefficient (Wildman–Crippen LogP) is 0.972. The summed E-state index contributed by atoms with van der Waals surface area (Å²) in [7, 11) is 1.97. The zero-order valence-corrected chi connectivity index (χ0v) is 13.2. The van der Waals surface area contributed by atoms with Gasteiger partial charge in [0.2, 0.25) is 5.91 Å². The third-order valence-electron chi connectivity index (χ3n) is 4.23. The van der Waals surface area contributed by atoms with Gasteiger partial charge in [0.25, 0.3) is 0 Å². The first-order valence-electron chi connectivity index (χ1n) is 7.49. The summed E-state index contributed by atoms with van der Waals surface area (Å²) in [6, 6.07) is 2.20. The molecular formula is C15H28N4O. The number of amides is 1. The Bertz CT molecular complexity index is 357. The van der Waals surface area contributed by atoms with Crippen LogP contribution < -0.4 is 10.6 Å². The Balaban J connectivity index is 2.39. The van der Waals surface area contributed by atoms with Crippen LogP contribution in [0.5, 0.6) is 0 Å². The van der Waals surface area contributed by atoms with Gasteiger partial charge in [-0.1, -0.05) is 13.8 Å². The molecule has 0 radical (unpaired) electrons. The van der Waals surface area contributed by atoms with Gasteiger partial charge in [0.05, 0.1) is 12.6 Å². The molecule has 1 amide bonds. The Kier molecular flexibility index (Phi) is 6.44. The third kappa shape index (κ3) is 5.10. The number of nitriles is 1. The van der Waals surface area contributed by atoms with E-state index in [1.807, 2.05) is 20.9 Å². The van der Waals surface area contributed by atoms with Crippen molar-refractivity contribution in [3.8, 4) is 6.07 Å². The van der Waals surface area contributed by atoms with Gasteiger partial charge in [-0.05, 0) is 51.7 Å². The number of carbonyl (C=O) groups is 1. The van der Waals surface area contributed by atoms with Crippen molar-refractivity contribution >= 4 is 5.91 Å². The molecule has 0 spiro atoms. The fourth-order valence-electron chi connectivity index (χ4n) is 2.45. The predicted molar refractivity (Wildman–Crippen MR) is 80.1 cm³/mol. The molecular weight excluding hydrogens is 252 g/mol. The van der Waals surface area contributed by atoms with Crippen molar-refractivity contribution in [3.63, 3.8) is 0 Å². The fraction of sp³-hybridized carbons (Fsp3) is 0.867. The quantitative estimate of drug-likeness (QED) is 0.761. The normalized spacial score (nSPS) is 19.6. The fourth-order valence-corrected chi connectivity index (χ4v) is 2.45. The van der Waals surface area contributed by atoms with Crippen molar-refractivity contribution < 1.29 is 4.79 Å². The van der Waals surface area contributed by atoms with Gasteiger partial charge in [-0.2, -0.15) is 5.26 Å². The van der Waals surface area contributed by atoms with Gasteiger partial charge in [0.15, 0.2) is 0 Å². The van der Waals surface area contributed by atoms with Crippen molar-refractivity contribution in [1.82, 2.24) is 15.5 Å². The molecule has 1 aliphatic rings. The highest BCUT2D eigenvalue weighted by Gasteiger charge is 2.30. The van der Waals surface area contributed by atoms with Crippen LogP contribution in [0, 0.1) is 23.2 Å². The van der Waals surface area contributed by atoms with E-state index in [0.717, 1.165) is 19.6 Å². The van der Waals surface area contributed by atoms with E-state index in [2.05, 4.69) is 21.6 Å². The van der Waals surface area contributed by atoms with E-state index < -0.39 is 5.54 Å². The van der Waals surface area contributed by atoms with E-state index in [4.69, 9.17) is 0 Å². The molecule has 5 nitrogen and oxygen atoms in total. The summed E-state index contributed by atoms with van der Waals surface area (Å²) >= 11 is 0. The van der Waals surface area contributed by atoms with Crippen LogP contribution >= 0.6 is 0 Å². The average molecular weight is 280 g/mol. The Hall–Kier alpha value is -1.12. The summed E-state index contributed by atoms with van der Waals surface area (Å²) in [5.74, 6) is 0.687. The summed E-state index contributed by atoms with van der Waals surface area (Å²) in [6.07, 6.45) is 2.35. The highest BCUT2D eigenvalue weighted by atomic mass is 16.2. The molecule has 0 aromatic carbocycles. The number of nitrogens with one attached hydrogen (secondary N) is 2. The van der Waals surface area contributed by atoms with Gasteiger partial charge < -0.3 is 10.6 Å². The smallest absolute Gasteiger partial charge is 0.235 e. The highest BCUT2D eigenvalue weighted by Crippen LogP contribution is 2.15. The van der Waals surface area contributed by atoms with Gasteiger partial charge in [-0.25, -0.2) is 0 Å². The third-order valence-corrected chi connectivity index (χ3v) is 4.23. The minimum atomic E-state index is -0.785. The summed E-state index contributed by atoms with van der Waals surface area (Å²) in [5.41, 5.74) is -0.785. The summed E-state index contributed by atoms with van der Waals surface area (Å²) in [6.45, 7) is 9.12. The van der Waals surface area contributed by atoms with E-state index in [1.54, 1.807) is 6.92 Å². The second-order valence-corrected chi connectivity index (χ2v) is 6.41. The summed E-state index contributed by atoms with van der Waals surface area (Å²) < 4.78 is 0. The maximum Gasteiger partial charge on any atom is 0.235 e. The molecule has 2 N–H and O–H groups in total. The van der Waals surface area contributed by atoms with Crippen molar-refractivity contribution in [2.45, 2.75) is 39.2 Å². The maximum absolute atomic E-state index is 12.1. The van der Waals surface area contributed by atoms with Crippen LogP contribution in [-0.2, 0) is 4.79 Å². The number of hydrogen-bond acceptors (Lipinski definition) is 4. The van der Waals surface area contributed by atoms with Gasteiger partial charge in [0, 0.05) is 6.54 Å². The lowest BCUT2D eigenvalue weighted by molar-refractivity contribution is -0.123. The summed E-state index contributed by atoms with van der Waals surface area (Å²) in [4.78, 5) is 14.1. The van der Waals surface area contributed by atoms with Crippen molar-refractivity contribution in [1.29, 1.82) is 5.26 Å². The molecule has 1 rings (SSSR count).